The maximum absolute atomic E-state index is 12.1. The number of rotatable bonds is 5. The van der Waals surface area contributed by atoms with Crippen LogP contribution in [0.2, 0.25) is 5.02 Å². The van der Waals surface area contributed by atoms with E-state index in [0.717, 1.165) is 34.9 Å². The Kier molecular flexibility index (Phi) is 5.75. The summed E-state index contributed by atoms with van der Waals surface area (Å²) < 4.78 is 2.23. The van der Waals surface area contributed by atoms with E-state index in [2.05, 4.69) is 62.6 Å². The lowest BCUT2D eigenvalue weighted by atomic mass is 9.63. The van der Waals surface area contributed by atoms with Crippen molar-refractivity contribution in [3.63, 3.8) is 0 Å². The van der Waals surface area contributed by atoms with Crippen LogP contribution in [-0.2, 0) is 23.8 Å². The molecule has 32 heavy (non-hydrogen) atoms. The van der Waals surface area contributed by atoms with E-state index in [1.165, 1.54) is 29.5 Å². The van der Waals surface area contributed by atoms with Gasteiger partial charge in [-0.3, -0.25) is 4.79 Å². The molecule has 0 aliphatic heterocycles. The lowest BCUT2D eigenvalue weighted by Gasteiger charge is -2.42. The molecule has 0 radical (unpaired) electrons. The normalized spacial score (nSPS) is 16.6. The summed E-state index contributed by atoms with van der Waals surface area (Å²) in [5, 5.41) is 0.738. The Morgan fingerprint density at radius 1 is 0.969 bits per heavy atom. The molecule has 1 aliphatic carbocycles. The van der Waals surface area contributed by atoms with Gasteiger partial charge in [0.05, 0.1) is 5.56 Å². The van der Waals surface area contributed by atoms with Crippen LogP contribution in [0.1, 0.15) is 73.3 Å². The number of hydrogen-bond donors (Lipinski definition) is 1. The number of nitrogens with zero attached hydrogens (tertiary/aromatic N) is 1. The molecule has 1 amide bonds. The highest BCUT2D eigenvalue weighted by Crippen LogP contribution is 2.47. The Morgan fingerprint density at radius 2 is 1.59 bits per heavy atom. The van der Waals surface area contributed by atoms with Gasteiger partial charge in [-0.05, 0) is 83.5 Å². The highest BCUT2D eigenvalue weighted by molar-refractivity contribution is 6.30. The molecule has 2 N–H and O–H groups in total. The van der Waals surface area contributed by atoms with Gasteiger partial charge in [0.1, 0.15) is 0 Å². The Hall–Kier alpha value is -2.52. The Balaban J connectivity index is 1.78. The van der Waals surface area contributed by atoms with E-state index in [9.17, 15) is 4.79 Å². The third kappa shape index (κ3) is 4.11. The Morgan fingerprint density at radius 3 is 2.22 bits per heavy atom. The van der Waals surface area contributed by atoms with Crippen LogP contribution in [0.5, 0.6) is 0 Å². The van der Waals surface area contributed by atoms with Crippen LogP contribution in [0.4, 0.5) is 0 Å². The van der Waals surface area contributed by atoms with Crippen molar-refractivity contribution in [1.82, 2.24) is 4.57 Å². The summed E-state index contributed by atoms with van der Waals surface area (Å²) in [7, 11) is 0. The Labute approximate surface area is 196 Å². The Bertz CT molecular complexity index is 1170. The lowest BCUT2D eigenvalue weighted by Crippen LogP contribution is -2.33. The number of hydrogen-bond acceptors (Lipinski definition) is 1. The predicted molar refractivity (Wildman–Crippen MR) is 134 cm³/mol. The van der Waals surface area contributed by atoms with Gasteiger partial charge < -0.3 is 10.3 Å². The number of amides is 1. The molecule has 1 aliphatic rings. The van der Waals surface area contributed by atoms with E-state index >= 15 is 0 Å². The number of aryl methyl sites for hydroxylation is 1. The van der Waals surface area contributed by atoms with E-state index in [0.29, 0.717) is 5.56 Å². The summed E-state index contributed by atoms with van der Waals surface area (Å²) in [6.45, 7) is 12.1. The molecule has 0 atom stereocenters. The highest BCUT2D eigenvalue weighted by atomic mass is 35.5. The number of halogens is 1. The van der Waals surface area contributed by atoms with Crippen LogP contribution in [0, 0.1) is 6.92 Å². The van der Waals surface area contributed by atoms with E-state index in [-0.39, 0.29) is 16.7 Å². The minimum atomic E-state index is -0.381. The van der Waals surface area contributed by atoms with Gasteiger partial charge in [0.2, 0.25) is 0 Å². The quantitative estimate of drug-likeness (QED) is 0.458. The molecule has 0 unspecified atom stereocenters. The fourth-order valence-corrected chi connectivity index (χ4v) is 5.19. The van der Waals surface area contributed by atoms with E-state index in [4.69, 9.17) is 17.3 Å². The molecule has 0 bridgehead atoms. The highest BCUT2D eigenvalue weighted by Gasteiger charge is 2.37. The SMILES string of the molecule is Cc1c(C(N)=O)cc(-c2ccc3c(c2)C(C)(C)CCC3(C)C)n1CCc1ccc(Cl)cc1. The van der Waals surface area contributed by atoms with Crippen molar-refractivity contribution in [2.45, 2.75) is 71.3 Å². The number of nitrogens with two attached hydrogens (primary N) is 1. The topological polar surface area (TPSA) is 48.0 Å². The van der Waals surface area contributed by atoms with Crippen molar-refractivity contribution in [3.05, 3.63) is 81.5 Å². The third-order valence-electron chi connectivity index (χ3n) is 7.32. The molecule has 4 rings (SSSR count). The predicted octanol–water partition coefficient (Wildman–Crippen LogP) is 6.81. The average molecular weight is 449 g/mol. The van der Waals surface area contributed by atoms with Crippen molar-refractivity contribution >= 4 is 17.5 Å². The standard InChI is InChI=1S/C28H33ClN2O/c1-18-22(26(30)32)17-25(31(18)15-12-19-6-9-21(29)10-7-19)20-8-11-23-24(16-20)28(4,5)14-13-27(23,2)3/h6-11,16-17H,12-15H2,1-5H3,(H2,30,32). The monoisotopic (exact) mass is 448 g/mol. The molecule has 2 aromatic carbocycles. The summed E-state index contributed by atoms with van der Waals surface area (Å²) in [5.41, 5.74) is 13.8. The fourth-order valence-electron chi connectivity index (χ4n) is 5.06. The van der Waals surface area contributed by atoms with Crippen molar-refractivity contribution in [3.8, 4) is 11.3 Å². The fraction of sp³-hybridized carbons (Fsp3) is 0.393. The van der Waals surface area contributed by atoms with Gasteiger partial charge in [-0.25, -0.2) is 0 Å². The van der Waals surface area contributed by atoms with Crippen LogP contribution >= 0.6 is 11.6 Å². The van der Waals surface area contributed by atoms with E-state index < -0.39 is 0 Å². The van der Waals surface area contributed by atoms with Crippen LogP contribution < -0.4 is 5.73 Å². The first kappa shape index (κ1) is 22.7. The van der Waals surface area contributed by atoms with Crippen LogP contribution in [0.25, 0.3) is 11.3 Å². The second kappa shape index (κ2) is 8.12. The number of carbonyl (C=O) groups is 1. The number of primary amides is 1. The third-order valence-corrected chi connectivity index (χ3v) is 7.57. The molecule has 0 saturated carbocycles. The zero-order chi connectivity index (χ0) is 23.3. The number of aromatic nitrogens is 1. The van der Waals surface area contributed by atoms with Crippen molar-refractivity contribution < 1.29 is 4.79 Å². The summed E-state index contributed by atoms with van der Waals surface area (Å²) in [6, 6.07) is 16.8. The number of carbonyl (C=O) groups excluding carboxylic acids is 1. The molecule has 168 valence electrons. The van der Waals surface area contributed by atoms with Crippen LogP contribution in [0.15, 0.2) is 48.5 Å². The van der Waals surface area contributed by atoms with Gasteiger partial charge in [-0.1, -0.05) is 63.6 Å². The summed E-state index contributed by atoms with van der Waals surface area (Å²) >= 11 is 6.04. The molecular formula is C28H33ClN2O. The molecule has 0 spiro atoms. The van der Waals surface area contributed by atoms with Gasteiger partial charge in [0, 0.05) is 23.0 Å². The van der Waals surface area contributed by atoms with E-state index in [1.54, 1.807) is 0 Å². The first-order valence-electron chi connectivity index (χ1n) is 11.4. The molecule has 0 saturated heterocycles. The average Bonchev–Trinajstić information content (AvgIpc) is 3.07. The maximum Gasteiger partial charge on any atom is 0.250 e. The number of fused-ring (bicyclic) bond motifs is 1. The molecule has 4 heteroatoms. The van der Waals surface area contributed by atoms with Crippen molar-refractivity contribution in [2.75, 3.05) is 0 Å². The second-order valence-electron chi connectivity index (χ2n) is 10.4. The zero-order valence-electron chi connectivity index (χ0n) is 19.8. The first-order chi connectivity index (χ1) is 15.0. The summed E-state index contributed by atoms with van der Waals surface area (Å²) in [6.07, 6.45) is 3.20. The van der Waals surface area contributed by atoms with Crippen LogP contribution in [0.3, 0.4) is 0 Å². The maximum atomic E-state index is 12.1. The minimum Gasteiger partial charge on any atom is -0.366 e. The zero-order valence-corrected chi connectivity index (χ0v) is 20.5. The van der Waals surface area contributed by atoms with Gasteiger partial charge >= 0.3 is 0 Å². The lowest BCUT2D eigenvalue weighted by molar-refractivity contribution is 0.0999. The van der Waals surface area contributed by atoms with Crippen molar-refractivity contribution in [2.24, 2.45) is 5.73 Å². The van der Waals surface area contributed by atoms with Crippen LogP contribution in [-0.4, -0.2) is 10.5 Å². The summed E-state index contributed by atoms with van der Waals surface area (Å²) in [5.74, 6) is -0.381. The smallest absolute Gasteiger partial charge is 0.250 e. The molecule has 1 aromatic heterocycles. The second-order valence-corrected chi connectivity index (χ2v) is 10.9. The van der Waals surface area contributed by atoms with E-state index in [1.807, 2.05) is 25.1 Å². The minimum absolute atomic E-state index is 0.128. The van der Waals surface area contributed by atoms with Gasteiger partial charge in [0.15, 0.2) is 0 Å². The van der Waals surface area contributed by atoms with Gasteiger partial charge in [0.25, 0.3) is 5.91 Å². The first-order valence-corrected chi connectivity index (χ1v) is 11.8. The summed E-state index contributed by atoms with van der Waals surface area (Å²) in [4.78, 5) is 12.1. The number of benzene rings is 2. The molecular weight excluding hydrogens is 416 g/mol. The largest absolute Gasteiger partial charge is 0.366 e. The van der Waals surface area contributed by atoms with Gasteiger partial charge in [-0.15, -0.1) is 0 Å². The molecule has 1 heterocycles. The van der Waals surface area contributed by atoms with Gasteiger partial charge in [-0.2, -0.15) is 0 Å². The molecule has 3 nitrogen and oxygen atoms in total. The molecule has 3 aromatic rings. The van der Waals surface area contributed by atoms with Crippen molar-refractivity contribution in [1.29, 1.82) is 0 Å². The molecule has 0 fully saturated rings.